The lowest BCUT2D eigenvalue weighted by Gasteiger charge is -2.36. The van der Waals surface area contributed by atoms with Crippen molar-refractivity contribution in [1.29, 1.82) is 0 Å². The molecule has 0 aromatic heterocycles. The van der Waals surface area contributed by atoms with Crippen molar-refractivity contribution < 1.29 is 14.7 Å². The van der Waals surface area contributed by atoms with Gasteiger partial charge in [-0.05, 0) is 81.9 Å². The first-order valence-corrected chi connectivity index (χ1v) is 11.2. The maximum atomic E-state index is 12.6. The number of rotatable bonds is 6. The van der Waals surface area contributed by atoms with Gasteiger partial charge in [-0.25, -0.2) is 4.79 Å². The first-order valence-electron chi connectivity index (χ1n) is 11.2. The highest BCUT2D eigenvalue weighted by atomic mass is 16.4. The lowest BCUT2D eigenvalue weighted by Crippen LogP contribution is -2.41. The summed E-state index contributed by atoms with van der Waals surface area (Å²) in [5.41, 5.74) is 3.04. The van der Waals surface area contributed by atoms with E-state index in [9.17, 15) is 14.7 Å². The van der Waals surface area contributed by atoms with Gasteiger partial charge in [-0.1, -0.05) is 17.7 Å². The molecule has 6 nitrogen and oxygen atoms in total. The van der Waals surface area contributed by atoms with E-state index in [1.807, 2.05) is 31.2 Å². The molecule has 31 heavy (non-hydrogen) atoms. The molecule has 2 aromatic carbocycles. The number of carbonyl (C=O) groups is 2. The zero-order valence-corrected chi connectivity index (χ0v) is 18.1. The van der Waals surface area contributed by atoms with Crippen molar-refractivity contribution in [2.45, 2.75) is 32.6 Å². The molecule has 0 aliphatic carbocycles. The topological polar surface area (TPSA) is 72.9 Å². The SMILES string of the molecule is Cc1cccc(C(=O)Nc2ccc(N3CCC[C@@H](CN4CCCC4)C3)c(C(=O)O)c2)c1. The maximum Gasteiger partial charge on any atom is 0.337 e. The number of carboxylic acid groups (broad SMARTS) is 1. The molecule has 2 N–H and O–H groups in total. The number of anilines is 2. The molecule has 6 heteroatoms. The van der Waals surface area contributed by atoms with Crippen LogP contribution in [0.15, 0.2) is 42.5 Å². The Morgan fingerprint density at radius 3 is 2.61 bits per heavy atom. The van der Waals surface area contributed by atoms with E-state index in [1.165, 1.54) is 32.4 Å². The highest BCUT2D eigenvalue weighted by Crippen LogP contribution is 2.30. The molecule has 2 fully saturated rings. The van der Waals surface area contributed by atoms with Gasteiger partial charge in [0.2, 0.25) is 0 Å². The van der Waals surface area contributed by atoms with Gasteiger partial charge in [0.05, 0.1) is 11.3 Å². The van der Waals surface area contributed by atoms with Gasteiger partial charge in [-0.15, -0.1) is 0 Å². The van der Waals surface area contributed by atoms with Crippen molar-refractivity contribution in [2.24, 2.45) is 5.92 Å². The molecule has 164 valence electrons. The molecular weight excluding hydrogens is 390 g/mol. The van der Waals surface area contributed by atoms with Crippen LogP contribution >= 0.6 is 0 Å². The van der Waals surface area contributed by atoms with E-state index >= 15 is 0 Å². The molecule has 1 atom stereocenters. The Labute approximate surface area is 183 Å². The zero-order valence-electron chi connectivity index (χ0n) is 18.1. The minimum absolute atomic E-state index is 0.239. The maximum absolute atomic E-state index is 12.6. The molecule has 0 spiro atoms. The molecule has 0 bridgehead atoms. The van der Waals surface area contributed by atoms with Gasteiger partial charge in [-0.3, -0.25) is 4.79 Å². The van der Waals surface area contributed by atoms with Crippen molar-refractivity contribution in [3.05, 3.63) is 59.2 Å². The van der Waals surface area contributed by atoms with Crippen LogP contribution < -0.4 is 10.2 Å². The largest absolute Gasteiger partial charge is 0.478 e. The third-order valence-electron chi connectivity index (χ3n) is 6.34. The molecule has 2 saturated heterocycles. The van der Waals surface area contributed by atoms with Crippen molar-refractivity contribution in [3.63, 3.8) is 0 Å². The third kappa shape index (κ3) is 5.25. The molecule has 1 amide bonds. The number of hydrogen-bond acceptors (Lipinski definition) is 4. The van der Waals surface area contributed by atoms with Crippen LogP contribution in [-0.2, 0) is 0 Å². The van der Waals surface area contributed by atoms with Gasteiger partial charge < -0.3 is 20.2 Å². The second-order valence-electron chi connectivity index (χ2n) is 8.82. The summed E-state index contributed by atoms with van der Waals surface area (Å²) in [5.74, 6) is -0.644. The van der Waals surface area contributed by atoms with Gasteiger partial charge in [-0.2, -0.15) is 0 Å². The summed E-state index contributed by atoms with van der Waals surface area (Å²) in [6.45, 7) is 7.16. The lowest BCUT2D eigenvalue weighted by atomic mass is 9.96. The van der Waals surface area contributed by atoms with Crippen LogP contribution in [0, 0.1) is 12.8 Å². The van der Waals surface area contributed by atoms with E-state index < -0.39 is 5.97 Å². The number of carbonyl (C=O) groups excluding carboxylic acids is 1. The van der Waals surface area contributed by atoms with Gasteiger partial charge >= 0.3 is 5.97 Å². The standard InChI is InChI=1S/C25H31N3O3/c1-18-6-4-8-20(14-18)24(29)26-21-9-10-23(22(15-21)25(30)31)28-13-5-7-19(17-28)16-27-11-2-3-12-27/h4,6,8-10,14-15,19H,2-3,5,7,11-13,16-17H2,1H3,(H,26,29)(H,30,31)/t19-/m0/s1. The van der Waals surface area contributed by atoms with E-state index in [2.05, 4.69) is 15.1 Å². The summed E-state index contributed by atoms with van der Waals surface area (Å²) in [4.78, 5) is 29.3. The fourth-order valence-electron chi connectivity index (χ4n) is 4.81. The van der Waals surface area contributed by atoms with Crippen molar-refractivity contribution in [3.8, 4) is 0 Å². The first-order chi connectivity index (χ1) is 15.0. The van der Waals surface area contributed by atoms with Crippen LogP contribution in [0.4, 0.5) is 11.4 Å². The second kappa shape index (κ2) is 9.52. The van der Waals surface area contributed by atoms with E-state index in [1.54, 1.807) is 18.2 Å². The number of amides is 1. The Kier molecular flexibility index (Phi) is 6.56. The van der Waals surface area contributed by atoms with Gasteiger partial charge in [0.15, 0.2) is 0 Å². The molecule has 0 radical (unpaired) electrons. The van der Waals surface area contributed by atoms with E-state index in [4.69, 9.17) is 0 Å². The van der Waals surface area contributed by atoms with E-state index in [0.29, 0.717) is 17.2 Å². The van der Waals surface area contributed by atoms with Gasteiger partial charge in [0.25, 0.3) is 5.91 Å². The van der Waals surface area contributed by atoms with Crippen LogP contribution in [-0.4, -0.2) is 54.6 Å². The van der Waals surface area contributed by atoms with E-state index in [0.717, 1.165) is 37.3 Å². The molecule has 2 aliphatic heterocycles. The quantitative estimate of drug-likeness (QED) is 0.729. The van der Waals surface area contributed by atoms with Crippen molar-refractivity contribution in [2.75, 3.05) is 42.9 Å². The molecule has 0 saturated carbocycles. The highest BCUT2D eigenvalue weighted by Gasteiger charge is 2.26. The van der Waals surface area contributed by atoms with Crippen molar-refractivity contribution >= 4 is 23.3 Å². The van der Waals surface area contributed by atoms with Crippen LogP contribution in [0.5, 0.6) is 0 Å². The fraction of sp³-hybridized carbons (Fsp3) is 0.440. The molecule has 0 unspecified atom stereocenters. The summed E-state index contributed by atoms with van der Waals surface area (Å²) < 4.78 is 0. The number of piperidine rings is 1. The summed E-state index contributed by atoms with van der Waals surface area (Å²) in [7, 11) is 0. The third-order valence-corrected chi connectivity index (χ3v) is 6.34. The van der Waals surface area contributed by atoms with Crippen LogP contribution in [0.2, 0.25) is 0 Å². The molecular formula is C25H31N3O3. The number of benzene rings is 2. The van der Waals surface area contributed by atoms with Crippen LogP contribution in [0.1, 0.15) is 52.0 Å². The Morgan fingerprint density at radius 1 is 1.06 bits per heavy atom. The average molecular weight is 422 g/mol. The molecule has 2 aromatic rings. The van der Waals surface area contributed by atoms with Crippen LogP contribution in [0.25, 0.3) is 0 Å². The van der Waals surface area contributed by atoms with Gasteiger partial charge in [0, 0.05) is 30.9 Å². The summed E-state index contributed by atoms with van der Waals surface area (Å²) >= 11 is 0. The zero-order chi connectivity index (χ0) is 21.8. The Morgan fingerprint density at radius 2 is 1.87 bits per heavy atom. The number of nitrogens with one attached hydrogen (secondary N) is 1. The molecule has 2 aliphatic rings. The Hall–Kier alpha value is -2.86. The lowest BCUT2D eigenvalue weighted by molar-refractivity contribution is 0.0697. The normalized spacial score (nSPS) is 19.4. The number of hydrogen-bond donors (Lipinski definition) is 2. The second-order valence-corrected chi connectivity index (χ2v) is 8.82. The summed E-state index contributed by atoms with van der Waals surface area (Å²) in [5, 5.41) is 12.7. The molecule has 2 heterocycles. The minimum Gasteiger partial charge on any atom is -0.478 e. The predicted octanol–water partition coefficient (Wildman–Crippen LogP) is 4.26. The fourth-order valence-corrected chi connectivity index (χ4v) is 4.81. The van der Waals surface area contributed by atoms with E-state index in [-0.39, 0.29) is 11.5 Å². The number of nitrogens with zero attached hydrogens (tertiary/aromatic N) is 2. The average Bonchev–Trinajstić information content (AvgIpc) is 3.27. The molecule has 4 rings (SSSR count). The minimum atomic E-state index is -0.969. The predicted molar refractivity (Wildman–Crippen MR) is 123 cm³/mol. The highest BCUT2D eigenvalue weighted by molar-refractivity contribution is 6.05. The first kappa shape index (κ1) is 21.4. The summed E-state index contributed by atoms with van der Waals surface area (Å²) in [6, 6.07) is 12.6. The Bertz CT molecular complexity index is 953. The number of carboxylic acids is 1. The number of likely N-dealkylation sites (tertiary alicyclic amines) is 1. The summed E-state index contributed by atoms with van der Waals surface area (Å²) in [6.07, 6.45) is 4.84. The number of aryl methyl sites for hydroxylation is 1. The van der Waals surface area contributed by atoms with Crippen molar-refractivity contribution in [1.82, 2.24) is 4.90 Å². The Balaban J connectivity index is 1.49. The smallest absolute Gasteiger partial charge is 0.337 e. The number of aromatic carboxylic acids is 1. The monoisotopic (exact) mass is 421 g/mol. The van der Waals surface area contributed by atoms with Crippen LogP contribution in [0.3, 0.4) is 0 Å². The van der Waals surface area contributed by atoms with Gasteiger partial charge in [0.1, 0.15) is 0 Å².